The van der Waals surface area contributed by atoms with Gasteiger partial charge < -0.3 is 4.74 Å². The lowest BCUT2D eigenvalue weighted by atomic mass is 10.1. The third-order valence-electron chi connectivity index (χ3n) is 4.91. The SMILES string of the molecule is CCOc1ccc(N2C(=O)N(c3ccccc3Cl)[C@@H]3CS(=O)(=O)C[C@@H]32)cc1. The predicted molar refractivity (Wildman–Crippen MR) is 106 cm³/mol. The highest BCUT2D eigenvalue weighted by molar-refractivity contribution is 7.91. The van der Waals surface area contributed by atoms with Crippen molar-refractivity contribution in [3.05, 3.63) is 53.6 Å². The lowest BCUT2D eigenvalue weighted by Gasteiger charge is -2.23. The van der Waals surface area contributed by atoms with Crippen LogP contribution in [0.3, 0.4) is 0 Å². The maximum atomic E-state index is 13.3. The van der Waals surface area contributed by atoms with E-state index in [2.05, 4.69) is 0 Å². The number of hydrogen-bond acceptors (Lipinski definition) is 4. The molecule has 2 fully saturated rings. The number of ether oxygens (including phenoxy) is 1. The summed E-state index contributed by atoms with van der Waals surface area (Å²) in [4.78, 5) is 16.3. The van der Waals surface area contributed by atoms with Gasteiger partial charge in [-0.05, 0) is 43.3 Å². The minimum atomic E-state index is -3.24. The van der Waals surface area contributed by atoms with Gasteiger partial charge in [0.1, 0.15) is 5.75 Å². The van der Waals surface area contributed by atoms with Crippen molar-refractivity contribution in [3.63, 3.8) is 0 Å². The summed E-state index contributed by atoms with van der Waals surface area (Å²) in [7, 11) is -3.24. The van der Waals surface area contributed by atoms with Crippen molar-refractivity contribution >= 4 is 38.8 Å². The Morgan fingerprint density at radius 3 is 2.30 bits per heavy atom. The first-order chi connectivity index (χ1) is 12.9. The Labute approximate surface area is 163 Å². The topological polar surface area (TPSA) is 66.9 Å². The number of halogens is 1. The van der Waals surface area contributed by atoms with Gasteiger partial charge in [0, 0.05) is 5.69 Å². The number of carbonyl (C=O) groups excluding carboxylic acids is 1. The van der Waals surface area contributed by atoms with Crippen LogP contribution < -0.4 is 14.5 Å². The zero-order valence-corrected chi connectivity index (χ0v) is 16.3. The third kappa shape index (κ3) is 3.15. The van der Waals surface area contributed by atoms with Crippen LogP contribution in [0.25, 0.3) is 0 Å². The van der Waals surface area contributed by atoms with Crippen LogP contribution in [0.1, 0.15) is 6.92 Å². The molecular weight excluding hydrogens is 388 g/mol. The van der Waals surface area contributed by atoms with Crippen molar-refractivity contribution in [2.24, 2.45) is 0 Å². The van der Waals surface area contributed by atoms with Gasteiger partial charge in [0.05, 0.1) is 40.9 Å². The van der Waals surface area contributed by atoms with Gasteiger partial charge in [-0.1, -0.05) is 23.7 Å². The van der Waals surface area contributed by atoms with Crippen LogP contribution in [-0.4, -0.2) is 44.6 Å². The molecule has 8 heteroatoms. The number of amides is 2. The van der Waals surface area contributed by atoms with Crippen LogP contribution in [0, 0.1) is 0 Å². The smallest absolute Gasteiger partial charge is 0.329 e. The molecule has 2 heterocycles. The Kier molecular flexibility index (Phi) is 4.52. The van der Waals surface area contributed by atoms with Crippen molar-refractivity contribution in [1.29, 1.82) is 0 Å². The number of fused-ring (bicyclic) bond motifs is 1. The van der Waals surface area contributed by atoms with Crippen molar-refractivity contribution in [2.45, 2.75) is 19.0 Å². The summed E-state index contributed by atoms with van der Waals surface area (Å²) in [5.41, 5.74) is 1.18. The summed E-state index contributed by atoms with van der Waals surface area (Å²) in [5.74, 6) is 0.575. The molecule has 2 aromatic rings. The molecule has 2 aliphatic heterocycles. The monoisotopic (exact) mass is 406 g/mol. The molecule has 2 atom stereocenters. The first-order valence-corrected chi connectivity index (χ1v) is 10.9. The summed E-state index contributed by atoms with van der Waals surface area (Å²) < 4.78 is 30.1. The molecule has 142 valence electrons. The molecular formula is C19H19ClN2O4S. The van der Waals surface area contributed by atoms with Gasteiger partial charge in [-0.2, -0.15) is 0 Å². The van der Waals surface area contributed by atoms with E-state index in [1.807, 2.05) is 6.92 Å². The van der Waals surface area contributed by atoms with Crippen LogP contribution in [-0.2, 0) is 9.84 Å². The first kappa shape index (κ1) is 18.1. The van der Waals surface area contributed by atoms with Gasteiger partial charge in [-0.25, -0.2) is 13.2 Å². The number of hydrogen-bond donors (Lipinski definition) is 0. The van der Waals surface area contributed by atoms with E-state index in [1.165, 1.54) is 4.90 Å². The summed E-state index contributed by atoms with van der Waals surface area (Å²) >= 11 is 6.30. The highest BCUT2D eigenvalue weighted by Crippen LogP contribution is 2.40. The van der Waals surface area contributed by atoms with Gasteiger partial charge in [0.2, 0.25) is 0 Å². The number of nitrogens with zero attached hydrogens (tertiary/aromatic N) is 2. The number of para-hydroxylation sites is 1. The van der Waals surface area contributed by atoms with E-state index in [-0.39, 0.29) is 17.5 Å². The number of urea groups is 1. The molecule has 0 aliphatic carbocycles. The molecule has 0 N–H and O–H groups in total. The molecule has 2 amide bonds. The van der Waals surface area contributed by atoms with Crippen molar-refractivity contribution < 1.29 is 17.9 Å². The van der Waals surface area contributed by atoms with Crippen molar-refractivity contribution in [1.82, 2.24) is 0 Å². The normalized spacial score (nSPS) is 23.6. The molecule has 27 heavy (non-hydrogen) atoms. The van der Waals surface area contributed by atoms with Gasteiger partial charge in [0.15, 0.2) is 9.84 Å². The van der Waals surface area contributed by atoms with E-state index in [0.717, 1.165) is 0 Å². The maximum Gasteiger partial charge on any atom is 0.329 e. The van der Waals surface area contributed by atoms with Gasteiger partial charge in [-0.3, -0.25) is 9.80 Å². The van der Waals surface area contributed by atoms with Crippen LogP contribution in [0.2, 0.25) is 5.02 Å². The van der Waals surface area contributed by atoms with Gasteiger partial charge >= 0.3 is 6.03 Å². The molecule has 2 aliphatic rings. The first-order valence-electron chi connectivity index (χ1n) is 8.71. The second-order valence-corrected chi connectivity index (χ2v) is 9.17. The fourth-order valence-electron chi connectivity index (χ4n) is 3.80. The fraction of sp³-hybridized carbons (Fsp3) is 0.316. The number of benzene rings is 2. The van der Waals surface area contributed by atoms with E-state index >= 15 is 0 Å². The average Bonchev–Trinajstić information content (AvgIpc) is 3.06. The number of anilines is 2. The summed E-state index contributed by atoms with van der Waals surface area (Å²) in [6.07, 6.45) is 0. The third-order valence-corrected chi connectivity index (χ3v) is 6.93. The zero-order valence-electron chi connectivity index (χ0n) is 14.7. The zero-order chi connectivity index (χ0) is 19.2. The molecule has 2 saturated heterocycles. The van der Waals surface area contributed by atoms with Crippen LogP contribution >= 0.6 is 11.6 Å². The van der Waals surface area contributed by atoms with E-state index in [9.17, 15) is 13.2 Å². The van der Waals surface area contributed by atoms with Crippen LogP contribution in [0.15, 0.2) is 48.5 Å². The molecule has 0 bridgehead atoms. The minimum absolute atomic E-state index is 0.0580. The number of carbonyl (C=O) groups is 1. The van der Waals surface area contributed by atoms with Crippen LogP contribution in [0.4, 0.5) is 16.2 Å². The molecule has 4 rings (SSSR count). The lowest BCUT2D eigenvalue weighted by molar-refractivity contribution is 0.255. The molecule has 2 aromatic carbocycles. The van der Waals surface area contributed by atoms with E-state index in [1.54, 1.807) is 53.4 Å². The number of rotatable bonds is 4. The molecule has 0 saturated carbocycles. The lowest BCUT2D eigenvalue weighted by Crippen LogP contribution is -2.38. The second-order valence-electron chi connectivity index (χ2n) is 6.61. The Bertz CT molecular complexity index is 977. The minimum Gasteiger partial charge on any atom is -0.494 e. The highest BCUT2D eigenvalue weighted by Gasteiger charge is 2.54. The van der Waals surface area contributed by atoms with Crippen molar-refractivity contribution in [2.75, 3.05) is 27.9 Å². The molecule has 6 nitrogen and oxygen atoms in total. The van der Waals surface area contributed by atoms with E-state index in [4.69, 9.17) is 16.3 Å². The number of sulfone groups is 1. The van der Waals surface area contributed by atoms with E-state index in [0.29, 0.717) is 28.8 Å². The molecule has 0 aromatic heterocycles. The largest absolute Gasteiger partial charge is 0.494 e. The summed E-state index contributed by atoms with van der Waals surface area (Å²) in [6, 6.07) is 12.9. The van der Waals surface area contributed by atoms with Crippen LogP contribution in [0.5, 0.6) is 5.75 Å². The summed E-state index contributed by atoms with van der Waals surface area (Å²) in [5, 5.41) is 0.419. The Morgan fingerprint density at radius 1 is 1.04 bits per heavy atom. The van der Waals surface area contributed by atoms with Crippen molar-refractivity contribution in [3.8, 4) is 5.75 Å². The van der Waals surface area contributed by atoms with Gasteiger partial charge in [-0.15, -0.1) is 0 Å². The highest BCUT2D eigenvalue weighted by atomic mass is 35.5. The van der Waals surface area contributed by atoms with E-state index < -0.39 is 21.9 Å². The predicted octanol–water partition coefficient (Wildman–Crippen LogP) is 3.35. The Balaban J connectivity index is 1.76. The maximum absolute atomic E-state index is 13.3. The second kappa shape index (κ2) is 6.73. The molecule has 0 unspecified atom stereocenters. The molecule has 0 spiro atoms. The Morgan fingerprint density at radius 2 is 1.67 bits per heavy atom. The standard InChI is InChI=1S/C19H19ClN2O4S/c1-2-26-14-9-7-13(8-10-14)21-17-11-27(24,25)12-18(17)22(19(21)23)16-6-4-3-5-15(16)20/h3-10,17-18H,2,11-12H2,1H3/t17-,18+/m0/s1. The average molecular weight is 407 g/mol. The Hall–Kier alpha value is -2.25. The molecule has 0 radical (unpaired) electrons. The fourth-order valence-corrected chi connectivity index (χ4v) is 5.95. The summed E-state index contributed by atoms with van der Waals surface area (Å²) in [6.45, 7) is 2.44. The van der Waals surface area contributed by atoms with Gasteiger partial charge in [0.25, 0.3) is 0 Å². The quantitative estimate of drug-likeness (QED) is 0.730.